The molecule has 0 unspecified atom stereocenters. The molecule has 2 aromatic rings. The lowest BCUT2D eigenvalue weighted by atomic mass is 10.2. The van der Waals surface area contributed by atoms with Crippen LogP contribution in [0.1, 0.15) is 5.56 Å². The molecule has 2 amide bonds. The number of hydrogen-bond donors (Lipinski definition) is 2. The summed E-state index contributed by atoms with van der Waals surface area (Å²) in [7, 11) is 3.07. The zero-order valence-electron chi connectivity index (χ0n) is 12.7. The van der Waals surface area contributed by atoms with Gasteiger partial charge in [0.05, 0.1) is 14.2 Å². The molecule has 0 aliphatic carbocycles. The summed E-state index contributed by atoms with van der Waals surface area (Å²) in [4.78, 5) is 11.9. The molecule has 2 aromatic carbocycles. The van der Waals surface area contributed by atoms with Crippen molar-refractivity contribution < 1.29 is 14.3 Å². The highest BCUT2D eigenvalue weighted by Crippen LogP contribution is 2.32. The first kappa shape index (κ1) is 17.2. The van der Waals surface area contributed by atoms with Gasteiger partial charge in [0, 0.05) is 28.3 Å². The lowest BCUT2D eigenvalue weighted by Gasteiger charge is -2.13. The predicted molar refractivity (Wildman–Crippen MR) is 91.9 cm³/mol. The summed E-state index contributed by atoms with van der Waals surface area (Å²) in [6, 6.07) is 9.89. The molecule has 2 N–H and O–H groups in total. The maximum atomic E-state index is 11.9. The molecule has 5 nitrogen and oxygen atoms in total. The first-order chi connectivity index (χ1) is 11.0. The molecule has 0 aliphatic rings. The number of anilines is 1. The second-order valence-electron chi connectivity index (χ2n) is 4.62. The Hall–Kier alpha value is -2.11. The van der Waals surface area contributed by atoms with Crippen LogP contribution in [0.25, 0.3) is 0 Å². The van der Waals surface area contributed by atoms with Gasteiger partial charge in [0.2, 0.25) is 0 Å². The Morgan fingerprint density at radius 2 is 1.78 bits per heavy atom. The predicted octanol–water partition coefficient (Wildman–Crippen LogP) is 4.33. The van der Waals surface area contributed by atoms with Crippen molar-refractivity contribution in [1.29, 1.82) is 0 Å². The van der Waals surface area contributed by atoms with Gasteiger partial charge in [0.15, 0.2) is 11.5 Å². The van der Waals surface area contributed by atoms with E-state index in [2.05, 4.69) is 10.6 Å². The van der Waals surface area contributed by atoms with Crippen molar-refractivity contribution in [3.8, 4) is 11.5 Å². The smallest absolute Gasteiger partial charge is 0.319 e. The molecule has 0 fully saturated rings. The van der Waals surface area contributed by atoms with E-state index in [1.807, 2.05) is 0 Å². The van der Waals surface area contributed by atoms with E-state index in [-0.39, 0.29) is 12.6 Å². The molecule has 0 saturated carbocycles. The van der Waals surface area contributed by atoms with Crippen LogP contribution >= 0.6 is 23.2 Å². The Bertz CT molecular complexity index is 708. The van der Waals surface area contributed by atoms with Gasteiger partial charge in [-0.05, 0) is 29.8 Å². The molecule has 0 atom stereocenters. The van der Waals surface area contributed by atoms with Crippen LogP contribution in [-0.4, -0.2) is 20.3 Å². The fraction of sp³-hybridized carbons (Fsp3) is 0.188. The summed E-state index contributed by atoms with van der Waals surface area (Å²) < 4.78 is 10.4. The van der Waals surface area contributed by atoms with Crippen LogP contribution < -0.4 is 20.1 Å². The first-order valence-electron chi connectivity index (χ1n) is 6.74. The zero-order chi connectivity index (χ0) is 16.8. The lowest BCUT2D eigenvalue weighted by Crippen LogP contribution is -2.28. The van der Waals surface area contributed by atoms with E-state index in [1.54, 1.807) is 36.4 Å². The molecular weight excluding hydrogens is 339 g/mol. The van der Waals surface area contributed by atoms with Crippen LogP contribution in [0.3, 0.4) is 0 Å². The van der Waals surface area contributed by atoms with Crippen LogP contribution in [0, 0.1) is 0 Å². The van der Waals surface area contributed by atoms with Crippen LogP contribution in [0.15, 0.2) is 36.4 Å². The number of urea groups is 1. The average Bonchev–Trinajstić information content (AvgIpc) is 2.53. The number of amides is 2. The van der Waals surface area contributed by atoms with Gasteiger partial charge in [0.25, 0.3) is 0 Å². The Morgan fingerprint density at radius 3 is 2.43 bits per heavy atom. The highest BCUT2D eigenvalue weighted by atomic mass is 35.5. The van der Waals surface area contributed by atoms with Crippen LogP contribution in [0.5, 0.6) is 11.5 Å². The normalized spacial score (nSPS) is 10.1. The fourth-order valence-electron chi connectivity index (χ4n) is 1.95. The topological polar surface area (TPSA) is 59.6 Å². The number of carbonyl (C=O) groups excluding carboxylic acids is 1. The molecule has 2 rings (SSSR count). The minimum atomic E-state index is -0.363. The van der Waals surface area contributed by atoms with E-state index in [1.165, 1.54) is 14.2 Å². The van der Waals surface area contributed by atoms with E-state index in [9.17, 15) is 4.79 Å². The van der Waals surface area contributed by atoms with Gasteiger partial charge >= 0.3 is 6.03 Å². The number of halogens is 2. The van der Waals surface area contributed by atoms with Crippen molar-refractivity contribution in [2.75, 3.05) is 19.5 Å². The van der Waals surface area contributed by atoms with Crippen molar-refractivity contribution in [3.63, 3.8) is 0 Å². The number of rotatable bonds is 5. The van der Waals surface area contributed by atoms with Gasteiger partial charge in [-0.3, -0.25) is 0 Å². The summed E-state index contributed by atoms with van der Waals surface area (Å²) in [5, 5.41) is 6.44. The maximum Gasteiger partial charge on any atom is 0.319 e. The molecule has 23 heavy (non-hydrogen) atoms. The highest BCUT2D eigenvalue weighted by Gasteiger charge is 2.11. The zero-order valence-corrected chi connectivity index (χ0v) is 14.2. The van der Waals surface area contributed by atoms with Crippen LogP contribution in [-0.2, 0) is 6.54 Å². The Balaban J connectivity index is 2.01. The lowest BCUT2D eigenvalue weighted by molar-refractivity contribution is 0.251. The second kappa shape index (κ2) is 7.94. The van der Waals surface area contributed by atoms with E-state index in [0.29, 0.717) is 32.8 Å². The number of benzene rings is 2. The molecule has 0 heterocycles. The van der Waals surface area contributed by atoms with Crippen molar-refractivity contribution in [2.24, 2.45) is 0 Å². The molecule has 7 heteroatoms. The SMILES string of the molecule is COc1cc(Cl)c(CNC(=O)Nc2cccc(Cl)c2)cc1OC. The molecule has 0 bridgehead atoms. The van der Waals surface area contributed by atoms with Gasteiger partial charge < -0.3 is 20.1 Å². The highest BCUT2D eigenvalue weighted by molar-refractivity contribution is 6.31. The first-order valence-corrected chi connectivity index (χ1v) is 7.50. The molecule has 122 valence electrons. The summed E-state index contributed by atoms with van der Waals surface area (Å²) in [6.45, 7) is 0.242. The van der Waals surface area contributed by atoms with Gasteiger partial charge in [-0.1, -0.05) is 29.3 Å². The van der Waals surface area contributed by atoms with E-state index >= 15 is 0 Å². The van der Waals surface area contributed by atoms with Crippen molar-refractivity contribution >= 4 is 34.9 Å². The van der Waals surface area contributed by atoms with Crippen LogP contribution in [0.4, 0.5) is 10.5 Å². The van der Waals surface area contributed by atoms with E-state index < -0.39 is 0 Å². The quantitative estimate of drug-likeness (QED) is 0.839. The van der Waals surface area contributed by atoms with Crippen molar-refractivity contribution in [2.45, 2.75) is 6.54 Å². The largest absolute Gasteiger partial charge is 0.493 e. The molecule has 0 radical (unpaired) electrons. The standard InChI is InChI=1S/C16H16Cl2N2O3/c1-22-14-6-10(13(18)8-15(14)23-2)9-19-16(21)20-12-5-3-4-11(17)7-12/h3-8H,9H2,1-2H3,(H2,19,20,21). The number of nitrogens with one attached hydrogen (secondary N) is 2. The van der Waals surface area contributed by atoms with Crippen LogP contribution in [0.2, 0.25) is 10.0 Å². The van der Waals surface area contributed by atoms with Gasteiger partial charge in [-0.25, -0.2) is 4.79 Å². The van der Waals surface area contributed by atoms with Crippen molar-refractivity contribution in [1.82, 2.24) is 5.32 Å². The third-order valence-corrected chi connectivity index (χ3v) is 3.66. The van der Waals surface area contributed by atoms with E-state index in [0.717, 1.165) is 0 Å². The Kier molecular flexibility index (Phi) is 5.96. The number of carbonyl (C=O) groups is 1. The number of ether oxygens (including phenoxy) is 2. The number of hydrogen-bond acceptors (Lipinski definition) is 3. The minimum Gasteiger partial charge on any atom is -0.493 e. The third kappa shape index (κ3) is 4.68. The fourth-order valence-corrected chi connectivity index (χ4v) is 2.36. The molecule has 0 aliphatic heterocycles. The van der Waals surface area contributed by atoms with Gasteiger partial charge in [-0.15, -0.1) is 0 Å². The summed E-state index contributed by atoms with van der Waals surface area (Å²) >= 11 is 12.0. The Morgan fingerprint density at radius 1 is 1.09 bits per heavy atom. The number of methoxy groups -OCH3 is 2. The maximum absolute atomic E-state index is 11.9. The molecule has 0 saturated heterocycles. The summed E-state index contributed by atoms with van der Waals surface area (Å²) in [6.07, 6.45) is 0. The van der Waals surface area contributed by atoms with E-state index in [4.69, 9.17) is 32.7 Å². The minimum absolute atomic E-state index is 0.242. The van der Waals surface area contributed by atoms with Crippen molar-refractivity contribution in [3.05, 3.63) is 52.0 Å². The summed E-state index contributed by atoms with van der Waals surface area (Å²) in [5.74, 6) is 1.08. The average molecular weight is 355 g/mol. The molecular formula is C16H16Cl2N2O3. The third-order valence-electron chi connectivity index (χ3n) is 3.07. The molecule has 0 spiro atoms. The van der Waals surface area contributed by atoms with Gasteiger partial charge in [0.1, 0.15) is 0 Å². The second-order valence-corrected chi connectivity index (χ2v) is 5.46. The van der Waals surface area contributed by atoms with Gasteiger partial charge in [-0.2, -0.15) is 0 Å². The Labute approximate surface area is 144 Å². The summed E-state index contributed by atoms with van der Waals surface area (Å²) in [5.41, 5.74) is 1.32. The monoisotopic (exact) mass is 354 g/mol. The molecule has 0 aromatic heterocycles.